The molecule has 0 bridgehead atoms. The van der Waals surface area contributed by atoms with E-state index in [0.717, 1.165) is 23.0 Å². The molecule has 0 aliphatic rings. The molecule has 3 aromatic rings. The molecule has 0 amide bonds. The summed E-state index contributed by atoms with van der Waals surface area (Å²) in [7, 11) is 0. The van der Waals surface area contributed by atoms with Gasteiger partial charge in [-0.25, -0.2) is 0 Å². The third kappa shape index (κ3) is 2.68. The Hall–Kier alpha value is -2.48. The minimum absolute atomic E-state index is 0.299. The van der Waals surface area contributed by atoms with Crippen molar-refractivity contribution < 1.29 is 5.11 Å². The van der Waals surface area contributed by atoms with Crippen LogP contribution in [0.3, 0.4) is 0 Å². The molecular weight excluding hydrogens is 234 g/mol. The highest BCUT2D eigenvalue weighted by Crippen LogP contribution is 2.23. The van der Waals surface area contributed by atoms with E-state index in [1.165, 1.54) is 5.56 Å². The Morgan fingerprint density at radius 1 is 0.789 bits per heavy atom. The maximum atomic E-state index is 9.51. The lowest BCUT2D eigenvalue weighted by atomic mass is 10.1. The molecule has 94 valence electrons. The van der Waals surface area contributed by atoms with Crippen molar-refractivity contribution >= 4 is 16.5 Å². The Morgan fingerprint density at radius 2 is 1.58 bits per heavy atom. The van der Waals surface area contributed by atoms with Crippen molar-refractivity contribution in [1.29, 1.82) is 0 Å². The lowest BCUT2D eigenvalue weighted by Gasteiger charge is -2.08. The van der Waals surface area contributed by atoms with Crippen LogP contribution in [0.4, 0.5) is 5.69 Å². The summed E-state index contributed by atoms with van der Waals surface area (Å²) in [5, 5.41) is 15.1. The molecule has 0 aliphatic carbocycles. The number of phenolic OH excluding ortho intramolecular Hbond substituents is 1. The van der Waals surface area contributed by atoms with Gasteiger partial charge in [-0.05, 0) is 40.6 Å². The van der Waals surface area contributed by atoms with Crippen LogP contribution in [0.25, 0.3) is 10.8 Å². The van der Waals surface area contributed by atoms with Crippen LogP contribution >= 0.6 is 0 Å². The molecule has 2 heteroatoms. The summed E-state index contributed by atoms with van der Waals surface area (Å²) >= 11 is 0. The van der Waals surface area contributed by atoms with Crippen LogP contribution in [0.5, 0.6) is 5.75 Å². The van der Waals surface area contributed by atoms with Crippen molar-refractivity contribution in [2.24, 2.45) is 0 Å². The second-order valence-electron chi connectivity index (χ2n) is 4.59. The summed E-state index contributed by atoms with van der Waals surface area (Å²) < 4.78 is 0. The van der Waals surface area contributed by atoms with E-state index in [-0.39, 0.29) is 0 Å². The van der Waals surface area contributed by atoms with Crippen LogP contribution in [0.2, 0.25) is 0 Å². The third-order valence-electron chi connectivity index (χ3n) is 3.16. The van der Waals surface area contributed by atoms with Crippen molar-refractivity contribution in [3.8, 4) is 5.75 Å². The van der Waals surface area contributed by atoms with Gasteiger partial charge in [0.15, 0.2) is 0 Å². The van der Waals surface area contributed by atoms with E-state index >= 15 is 0 Å². The first-order valence-electron chi connectivity index (χ1n) is 6.32. The first kappa shape index (κ1) is 11.6. The van der Waals surface area contributed by atoms with Gasteiger partial charge in [-0.2, -0.15) is 0 Å². The van der Waals surface area contributed by atoms with Crippen LogP contribution in [-0.4, -0.2) is 5.11 Å². The molecule has 2 nitrogen and oxygen atoms in total. The molecular formula is C17H15NO. The van der Waals surface area contributed by atoms with E-state index < -0.39 is 0 Å². The average molecular weight is 249 g/mol. The van der Waals surface area contributed by atoms with Gasteiger partial charge < -0.3 is 10.4 Å². The molecule has 3 rings (SSSR count). The van der Waals surface area contributed by atoms with Gasteiger partial charge in [-0.3, -0.25) is 0 Å². The number of aromatic hydroxyl groups is 1. The number of nitrogens with one attached hydrogen (secondary N) is 1. The fraction of sp³-hybridized carbons (Fsp3) is 0.0588. The van der Waals surface area contributed by atoms with Crippen molar-refractivity contribution in [2.75, 3.05) is 5.32 Å². The standard InChI is InChI=1S/C17H15NO/c19-17-9-7-14-6-8-16(10-15(14)11-17)18-12-13-4-2-1-3-5-13/h1-11,18-19H,12H2. The first-order valence-corrected chi connectivity index (χ1v) is 6.32. The van der Waals surface area contributed by atoms with E-state index in [1.54, 1.807) is 12.1 Å². The van der Waals surface area contributed by atoms with Gasteiger partial charge in [-0.1, -0.05) is 42.5 Å². The van der Waals surface area contributed by atoms with Gasteiger partial charge >= 0.3 is 0 Å². The van der Waals surface area contributed by atoms with Crippen molar-refractivity contribution in [2.45, 2.75) is 6.54 Å². The summed E-state index contributed by atoms with van der Waals surface area (Å²) in [5.41, 5.74) is 2.31. The number of phenols is 1. The van der Waals surface area contributed by atoms with E-state index in [2.05, 4.69) is 35.6 Å². The Bertz CT molecular complexity index is 692. The molecule has 19 heavy (non-hydrogen) atoms. The van der Waals surface area contributed by atoms with Gasteiger partial charge in [0.25, 0.3) is 0 Å². The highest BCUT2D eigenvalue weighted by Gasteiger charge is 1.98. The van der Waals surface area contributed by atoms with Gasteiger partial charge in [0.05, 0.1) is 0 Å². The van der Waals surface area contributed by atoms with Gasteiger partial charge in [0.1, 0.15) is 5.75 Å². The largest absolute Gasteiger partial charge is 0.508 e. The Morgan fingerprint density at radius 3 is 2.42 bits per heavy atom. The average Bonchev–Trinajstić information content (AvgIpc) is 2.46. The topological polar surface area (TPSA) is 32.3 Å². The summed E-state index contributed by atoms with van der Waals surface area (Å²) in [6.07, 6.45) is 0. The molecule has 0 spiro atoms. The van der Waals surface area contributed by atoms with Crippen molar-refractivity contribution in [3.05, 3.63) is 72.3 Å². The van der Waals surface area contributed by atoms with Crippen molar-refractivity contribution in [3.63, 3.8) is 0 Å². The van der Waals surface area contributed by atoms with E-state index in [1.807, 2.05) is 24.3 Å². The van der Waals surface area contributed by atoms with E-state index in [9.17, 15) is 5.11 Å². The number of rotatable bonds is 3. The molecule has 0 atom stereocenters. The van der Waals surface area contributed by atoms with E-state index in [0.29, 0.717) is 5.75 Å². The van der Waals surface area contributed by atoms with Crippen LogP contribution < -0.4 is 5.32 Å². The minimum atomic E-state index is 0.299. The molecule has 3 aromatic carbocycles. The zero-order chi connectivity index (χ0) is 13.1. The Balaban J connectivity index is 1.81. The zero-order valence-electron chi connectivity index (χ0n) is 10.5. The molecule has 0 aliphatic heterocycles. The maximum absolute atomic E-state index is 9.51. The summed E-state index contributed by atoms with van der Waals surface area (Å²) in [4.78, 5) is 0. The van der Waals surface area contributed by atoms with Gasteiger partial charge in [0.2, 0.25) is 0 Å². The van der Waals surface area contributed by atoms with Gasteiger partial charge in [-0.15, -0.1) is 0 Å². The molecule has 0 fully saturated rings. The second kappa shape index (κ2) is 5.02. The quantitative estimate of drug-likeness (QED) is 0.730. The van der Waals surface area contributed by atoms with E-state index in [4.69, 9.17) is 0 Å². The highest BCUT2D eigenvalue weighted by molar-refractivity contribution is 5.86. The molecule has 0 saturated heterocycles. The number of fused-ring (bicyclic) bond motifs is 1. The number of benzene rings is 3. The fourth-order valence-corrected chi connectivity index (χ4v) is 2.14. The number of anilines is 1. The predicted molar refractivity (Wildman–Crippen MR) is 79.4 cm³/mol. The lowest BCUT2D eigenvalue weighted by molar-refractivity contribution is 0.476. The molecule has 2 N–H and O–H groups in total. The molecule has 0 heterocycles. The Labute approximate surface area is 112 Å². The fourth-order valence-electron chi connectivity index (χ4n) is 2.14. The number of hydrogen-bond donors (Lipinski definition) is 2. The minimum Gasteiger partial charge on any atom is -0.508 e. The summed E-state index contributed by atoms with van der Waals surface area (Å²) in [6.45, 7) is 0.797. The highest BCUT2D eigenvalue weighted by atomic mass is 16.3. The number of hydrogen-bond acceptors (Lipinski definition) is 2. The maximum Gasteiger partial charge on any atom is 0.116 e. The molecule has 0 unspecified atom stereocenters. The van der Waals surface area contributed by atoms with Crippen LogP contribution in [-0.2, 0) is 6.54 Å². The van der Waals surface area contributed by atoms with Crippen LogP contribution in [0, 0.1) is 0 Å². The zero-order valence-corrected chi connectivity index (χ0v) is 10.5. The lowest BCUT2D eigenvalue weighted by Crippen LogP contribution is -1.98. The monoisotopic (exact) mass is 249 g/mol. The first-order chi connectivity index (χ1) is 9.31. The Kier molecular flexibility index (Phi) is 3.07. The molecule has 0 aromatic heterocycles. The SMILES string of the molecule is Oc1ccc2ccc(NCc3ccccc3)cc2c1. The van der Waals surface area contributed by atoms with Crippen LogP contribution in [0.15, 0.2) is 66.7 Å². The predicted octanol–water partition coefficient (Wildman–Crippen LogP) is 4.16. The summed E-state index contributed by atoms with van der Waals surface area (Å²) in [6, 6.07) is 21.9. The van der Waals surface area contributed by atoms with Gasteiger partial charge in [0, 0.05) is 12.2 Å². The molecule has 0 saturated carbocycles. The third-order valence-corrected chi connectivity index (χ3v) is 3.16. The normalized spacial score (nSPS) is 10.5. The molecule has 0 radical (unpaired) electrons. The van der Waals surface area contributed by atoms with Crippen molar-refractivity contribution in [1.82, 2.24) is 0 Å². The summed E-state index contributed by atoms with van der Waals surface area (Å²) in [5.74, 6) is 0.299. The van der Waals surface area contributed by atoms with Crippen LogP contribution in [0.1, 0.15) is 5.56 Å². The smallest absolute Gasteiger partial charge is 0.116 e. The second-order valence-corrected chi connectivity index (χ2v) is 4.59.